The van der Waals surface area contributed by atoms with E-state index >= 15 is 0 Å². The first-order chi connectivity index (χ1) is 10.2. The average Bonchev–Trinajstić information content (AvgIpc) is 2.82. The van der Waals surface area contributed by atoms with Crippen molar-refractivity contribution in [3.8, 4) is 0 Å². The molecule has 0 saturated heterocycles. The minimum Gasteiger partial charge on any atom is -0.367 e. The fourth-order valence-corrected chi connectivity index (χ4v) is 3.08. The summed E-state index contributed by atoms with van der Waals surface area (Å²) in [5, 5.41) is 3.90. The second kappa shape index (κ2) is 5.92. The lowest BCUT2D eigenvalue weighted by Gasteiger charge is -2.21. The molecule has 22 heavy (non-hydrogen) atoms. The van der Waals surface area contributed by atoms with E-state index in [-0.39, 0.29) is 10.7 Å². The number of sulfone groups is 1. The molecule has 0 aliphatic rings. The van der Waals surface area contributed by atoms with Crippen LogP contribution in [0.15, 0.2) is 33.7 Å². The number of benzene rings is 1. The molecule has 0 saturated carbocycles. The van der Waals surface area contributed by atoms with E-state index in [0.717, 1.165) is 6.26 Å². The van der Waals surface area contributed by atoms with Crippen molar-refractivity contribution in [3.63, 3.8) is 0 Å². The van der Waals surface area contributed by atoms with Crippen LogP contribution in [0.2, 0.25) is 0 Å². The van der Waals surface area contributed by atoms with E-state index in [1.165, 1.54) is 19.1 Å². The fraction of sp³-hybridized carbons (Fsp3) is 0.333. The largest absolute Gasteiger partial charge is 0.367 e. The van der Waals surface area contributed by atoms with Crippen LogP contribution in [0.1, 0.15) is 28.7 Å². The summed E-state index contributed by atoms with van der Waals surface area (Å²) in [7, 11) is -1.66. The van der Waals surface area contributed by atoms with Crippen LogP contribution in [0.4, 0.5) is 5.69 Å². The van der Waals surface area contributed by atoms with Crippen LogP contribution in [0.5, 0.6) is 0 Å². The smallest absolute Gasteiger partial charge is 0.177 e. The molecule has 0 atom stereocenters. The van der Waals surface area contributed by atoms with E-state index in [1.54, 1.807) is 31.0 Å². The Kier molecular flexibility index (Phi) is 4.37. The molecule has 2 rings (SSSR count). The van der Waals surface area contributed by atoms with Crippen molar-refractivity contribution in [2.75, 3.05) is 18.2 Å². The van der Waals surface area contributed by atoms with Gasteiger partial charge < -0.3 is 9.42 Å². The summed E-state index contributed by atoms with van der Waals surface area (Å²) in [6.45, 7) is 3.61. The molecule has 0 bridgehead atoms. The van der Waals surface area contributed by atoms with Gasteiger partial charge in [-0.2, -0.15) is 0 Å². The number of rotatable bonds is 5. The molecule has 1 heterocycles. The molecule has 1 aromatic carbocycles. The topological polar surface area (TPSA) is 80.5 Å². The lowest BCUT2D eigenvalue weighted by Crippen LogP contribution is -2.20. The molecule has 1 aromatic heterocycles. The second-order valence-electron chi connectivity index (χ2n) is 5.30. The molecule has 6 nitrogen and oxygen atoms in total. The van der Waals surface area contributed by atoms with Crippen LogP contribution in [0.25, 0.3) is 0 Å². The minimum absolute atomic E-state index is 0.119. The van der Waals surface area contributed by atoms with Gasteiger partial charge in [0.05, 0.1) is 17.1 Å². The number of carbonyl (C=O) groups is 1. The van der Waals surface area contributed by atoms with Gasteiger partial charge in [-0.15, -0.1) is 0 Å². The molecule has 7 heteroatoms. The van der Waals surface area contributed by atoms with Gasteiger partial charge in [-0.05, 0) is 32.0 Å². The Balaban J connectivity index is 2.45. The number of carbonyl (C=O) groups excluding carboxylic acids is 1. The number of hydrogen-bond donors (Lipinski definition) is 0. The Morgan fingerprint density at radius 1 is 1.32 bits per heavy atom. The van der Waals surface area contributed by atoms with Gasteiger partial charge in [0.1, 0.15) is 11.5 Å². The number of hydrogen-bond acceptors (Lipinski definition) is 6. The quantitative estimate of drug-likeness (QED) is 0.785. The van der Waals surface area contributed by atoms with Crippen molar-refractivity contribution in [3.05, 3.63) is 41.3 Å². The second-order valence-corrected chi connectivity index (χ2v) is 7.28. The Morgan fingerprint density at radius 3 is 2.50 bits per heavy atom. The summed E-state index contributed by atoms with van der Waals surface area (Å²) in [5.74, 6) is 0.566. The third-order valence-corrected chi connectivity index (χ3v) is 4.40. The Bertz CT molecular complexity index is 809. The summed E-state index contributed by atoms with van der Waals surface area (Å²) in [5.41, 5.74) is 1.62. The Morgan fingerprint density at radius 2 is 2.00 bits per heavy atom. The summed E-state index contributed by atoms with van der Waals surface area (Å²) in [6, 6.07) is 6.36. The van der Waals surface area contributed by atoms with Crippen molar-refractivity contribution >= 4 is 21.3 Å². The Hall–Kier alpha value is -2.15. The van der Waals surface area contributed by atoms with Gasteiger partial charge in [0, 0.05) is 24.9 Å². The molecule has 0 spiro atoms. The average molecular weight is 322 g/mol. The third kappa shape index (κ3) is 3.54. The maximum Gasteiger partial charge on any atom is 0.177 e. The highest BCUT2D eigenvalue weighted by Gasteiger charge is 2.18. The zero-order valence-electron chi connectivity index (χ0n) is 13.0. The first kappa shape index (κ1) is 16.2. The molecule has 2 aromatic rings. The van der Waals surface area contributed by atoms with Crippen molar-refractivity contribution in [1.29, 1.82) is 0 Å². The molecule has 0 fully saturated rings. The normalized spacial score (nSPS) is 11.5. The molecule has 118 valence electrons. The van der Waals surface area contributed by atoms with Crippen LogP contribution in [-0.2, 0) is 16.4 Å². The number of aryl methyl sites for hydroxylation is 1. The van der Waals surface area contributed by atoms with E-state index in [4.69, 9.17) is 4.52 Å². The Labute approximate surface area is 129 Å². The van der Waals surface area contributed by atoms with Crippen molar-refractivity contribution in [2.24, 2.45) is 0 Å². The van der Waals surface area contributed by atoms with Crippen LogP contribution < -0.4 is 4.90 Å². The number of ketones is 1. The van der Waals surface area contributed by atoms with Gasteiger partial charge in [0.25, 0.3) is 0 Å². The summed E-state index contributed by atoms with van der Waals surface area (Å²) >= 11 is 0. The van der Waals surface area contributed by atoms with Crippen LogP contribution in [0.3, 0.4) is 0 Å². The lowest BCUT2D eigenvalue weighted by atomic mass is 10.1. The zero-order chi connectivity index (χ0) is 16.5. The molecular weight excluding hydrogens is 304 g/mol. The van der Waals surface area contributed by atoms with Gasteiger partial charge in [-0.1, -0.05) is 5.16 Å². The monoisotopic (exact) mass is 322 g/mol. The highest BCUT2D eigenvalue weighted by Crippen LogP contribution is 2.27. The molecule has 0 unspecified atom stereocenters. The zero-order valence-corrected chi connectivity index (χ0v) is 13.8. The molecule has 0 radical (unpaired) electrons. The van der Waals surface area contributed by atoms with Crippen LogP contribution in [-0.4, -0.2) is 32.7 Å². The van der Waals surface area contributed by atoms with Gasteiger partial charge in [-0.3, -0.25) is 4.79 Å². The first-order valence-electron chi connectivity index (χ1n) is 6.67. The number of aromatic nitrogens is 1. The standard InChI is InChI=1S/C15H18N2O4S/c1-10-7-13(16-21-10)9-17(3)14-8-12(11(2)18)5-6-15(14)22(4,19)20/h5-8H,9H2,1-4H3. The molecule has 0 amide bonds. The van der Waals surface area contributed by atoms with Crippen LogP contribution >= 0.6 is 0 Å². The van der Waals surface area contributed by atoms with Gasteiger partial charge in [-0.25, -0.2) is 8.42 Å². The number of Topliss-reactive ketones (excluding diaryl/α,β-unsaturated/α-hetero) is 1. The molecule has 0 N–H and O–H groups in total. The summed E-state index contributed by atoms with van der Waals surface area (Å²) < 4.78 is 28.9. The van der Waals surface area contributed by atoms with Gasteiger partial charge in [0.15, 0.2) is 15.6 Å². The predicted molar refractivity (Wildman–Crippen MR) is 82.9 cm³/mol. The van der Waals surface area contributed by atoms with E-state index in [0.29, 0.717) is 29.2 Å². The van der Waals surface area contributed by atoms with Crippen LogP contribution in [0, 0.1) is 6.92 Å². The molecule has 0 aliphatic heterocycles. The predicted octanol–water partition coefficient (Wildman–Crippen LogP) is 2.23. The summed E-state index contributed by atoms with van der Waals surface area (Å²) in [6.07, 6.45) is 1.15. The summed E-state index contributed by atoms with van der Waals surface area (Å²) in [4.78, 5) is 13.5. The third-order valence-electron chi connectivity index (χ3n) is 3.25. The van der Waals surface area contributed by atoms with Crippen molar-refractivity contribution < 1.29 is 17.7 Å². The molecular formula is C15H18N2O4S. The van der Waals surface area contributed by atoms with Crippen molar-refractivity contribution in [1.82, 2.24) is 5.16 Å². The lowest BCUT2D eigenvalue weighted by molar-refractivity contribution is 0.101. The van der Waals surface area contributed by atoms with Gasteiger partial charge >= 0.3 is 0 Å². The van der Waals surface area contributed by atoms with E-state index < -0.39 is 9.84 Å². The highest BCUT2D eigenvalue weighted by atomic mass is 32.2. The van der Waals surface area contributed by atoms with Crippen molar-refractivity contribution in [2.45, 2.75) is 25.3 Å². The van der Waals surface area contributed by atoms with Gasteiger partial charge in [0.2, 0.25) is 0 Å². The SMILES string of the molecule is CC(=O)c1ccc(S(C)(=O)=O)c(N(C)Cc2cc(C)on2)c1. The maximum atomic E-state index is 12.0. The van der Waals surface area contributed by atoms with E-state index in [1.807, 2.05) is 0 Å². The number of nitrogens with zero attached hydrogens (tertiary/aromatic N) is 2. The number of anilines is 1. The minimum atomic E-state index is -3.40. The van der Waals surface area contributed by atoms with E-state index in [2.05, 4.69) is 5.16 Å². The maximum absolute atomic E-state index is 12.0. The first-order valence-corrected chi connectivity index (χ1v) is 8.56. The fourth-order valence-electron chi connectivity index (χ4n) is 2.17. The highest BCUT2D eigenvalue weighted by molar-refractivity contribution is 7.90. The molecule has 0 aliphatic carbocycles. The van der Waals surface area contributed by atoms with E-state index in [9.17, 15) is 13.2 Å².